The van der Waals surface area contributed by atoms with Crippen molar-refractivity contribution in [1.82, 2.24) is 0 Å². The summed E-state index contributed by atoms with van der Waals surface area (Å²) in [6.07, 6.45) is -3.55. The Bertz CT molecular complexity index is 410. The summed E-state index contributed by atoms with van der Waals surface area (Å²) >= 11 is 0. The molecule has 140 valence electrons. The van der Waals surface area contributed by atoms with Crippen molar-refractivity contribution in [3.05, 3.63) is 0 Å². The van der Waals surface area contributed by atoms with Gasteiger partial charge in [0.25, 0.3) is 0 Å². The van der Waals surface area contributed by atoms with E-state index in [1.807, 2.05) is 0 Å². The van der Waals surface area contributed by atoms with Crippen molar-refractivity contribution in [2.24, 2.45) is 0 Å². The van der Waals surface area contributed by atoms with Crippen LogP contribution in [0.1, 0.15) is 20.8 Å². The SMILES string of the molecule is COC[C@H](OC(C)=O)[C@@H](OC(C)=O)[C@@H](OC)[C@@H](COC(C)=O)OC. The minimum atomic E-state index is -1.02. The predicted octanol–water partition coefficient (Wildman–Crippen LogP) is 0.0893. The first kappa shape index (κ1) is 22.3. The second kappa shape index (κ2) is 11.8. The molecule has 0 unspecified atom stereocenters. The van der Waals surface area contributed by atoms with Gasteiger partial charge in [-0.2, -0.15) is 0 Å². The molecule has 0 radical (unpaired) electrons. The van der Waals surface area contributed by atoms with Crippen LogP contribution in [0.3, 0.4) is 0 Å². The van der Waals surface area contributed by atoms with Gasteiger partial charge in [0.2, 0.25) is 0 Å². The number of hydrogen-bond donors (Lipinski definition) is 0. The maximum Gasteiger partial charge on any atom is 0.303 e. The summed E-state index contributed by atoms with van der Waals surface area (Å²) in [5.41, 5.74) is 0. The van der Waals surface area contributed by atoms with Crippen molar-refractivity contribution >= 4 is 17.9 Å². The van der Waals surface area contributed by atoms with E-state index in [9.17, 15) is 14.4 Å². The van der Waals surface area contributed by atoms with Crippen LogP contribution in [0, 0.1) is 0 Å². The van der Waals surface area contributed by atoms with Gasteiger partial charge in [-0.25, -0.2) is 0 Å². The van der Waals surface area contributed by atoms with Crippen molar-refractivity contribution in [2.75, 3.05) is 34.5 Å². The number of rotatable bonds is 11. The number of carbonyl (C=O) groups excluding carboxylic acids is 3. The van der Waals surface area contributed by atoms with Crippen LogP contribution in [0.2, 0.25) is 0 Å². The molecule has 0 bridgehead atoms. The number of methoxy groups -OCH3 is 3. The lowest BCUT2D eigenvalue weighted by molar-refractivity contribution is -0.196. The molecule has 0 rings (SSSR count). The third-order valence-electron chi connectivity index (χ3n) is 3.03. The lowest BCUT2D eigenvalue weighted by atomic mass is 10.0. The number of hydrogen-bond acceptors (Lipinski definition) is 9. The first-order valence-corrected chi connectivity index (χ1v) is 7.29. The molecule has 0 aliphatic carbocycles. The molecule has 0 aromatic rings. The van der Waals surface area contributed by atoms with Crippen LogP contribution >= 0.6 is 0 Å². The molecule has 0 aliphatic rings. The average Bonchev–Trinajstić information content (AvgIpc) is 2.48. The molecular weight excluding hydrogens is 324 g/mol. The van der Waals surface area contributed by atoms with Gasteiger partial charge in [0.15, 0.2) is 12.2 Å². The molecule has 9 heteroatoms. The van der Waals surface area contributed by atoms with Crippen LogP contribution in [0.15, 0.2) is 0 Å². The Labute approximate surface area is 141 Å². The van der Waals surface area contributed by atoms with Crippen molar-refractivity contribution in [3.63, 3.8) is 0 Å². The van der Waals surface area contributed by atoms with Crippen LogP contribution in [0.4, 0.5) is 0 Å². The highest BCUT2D eigenvalue weighted by atomic mass is 16.6. The molecule has 4 atom stereocenters. The monoisotopic (exact) mass is 350 g/mol. The van der Waals surface area contributed by atoms with Gasteiger partial charge in [-0.1, -0.05) is 0 Å². The van der Waals surface area contributed by atoms with Crippen LogP contribution < -0.4 is 0 Å². The summed E-state index contributed by atoms with van der Waals surface area (Å²) in [5, 5.41) is 0. The molecular formula is C15H26O9. The summed E-state index contributed by atoms with van der Waals surface area (Å²) in [6, 6.07) is 0. The number of ether oxygens (including phenoxy) is 6. The fourth-order valence-corrected chi connectivity index (χ4v) is 2.11. The van der Waals surface area contributed by atoms with Gasteiger partial charge >= 0.3 is 17.9 Å². The van der Waals surface area contributed by atoms with Crippen LogP contribution in [-0.2, 0) is 42.8 Å². The summed E-state index contributed by atoms with van der Waals surface area (Å²) in [6.45, 7) is 3.54. The van der Waals surface area contributed by atoms with Crippen LogP contribution in [0.5, 0.6) is 0 Å². The lowest BCUT2D eigenvalue weighted by Gasteiger charge is -2.34. The van der Waals surface area contributed by atoms with E-state index >= 15 is 0 Å². The van der Waals surface area contributed by atoms with Crippen molar-refractivity contribution in [3.8, 4) is 0 Å². The van der Waals surface area contributed by atoms with Crippen molar-refractivity contribution in [1.29, 1.82) is 0 Å². The summed E-state index contributed by atoms with van der Waals surface area (Å²) < 4.78 is 31.0. The molecule has 0 aliphatic heterocycles. The van der Waals surface area contributed by atoms with Gasteiger partial charge in [-0.15, -0.1) is 0 Å². The zero-order valence-corrected chi connectivity index (χ0v) is 14.9. The summed E-state index contributed by atoms with van der Waals surface area (Å²) in [7, 11) is 4.18. The molecule has 0 N–H and O–H groups in total. The molecule has 0 spiro atoms. The summed E-state index contributed by atoms with van der Waals surface area (Å²) in [4.78, 5) is 33.8. The Kier molecular flexibility index (Phi) is 10.9. The first-order valence-electron chi connectivity index (χ1n) is 7.29. The fourth-order valence-electron chi connectivity index (χ4n) is 2.11. The molecule has 0 saturated heterocycles. The minimum absolute atomic E-state index is 0.0264. The Balaban J connectivity index is 5.46. The normalized spacial score (nSPS) is 15.8. The third-order valence-corrected chi connectivity index (χ3v) is 3.03. The Morgan fingerprint density at radius 1 is 0.708 bits per heavy atom. The van der Waals surface area contributed by atoms with Gasteiger partial charge in [0.1, 0.15) is 18.8 Å². The van der Waals surface area contributed by atoms with Gasteiger partial charge in [0, 0.05) is 42.1 Å². The van der Waals surface area contributed by atoms with E-state index in [2.05, 4.69) is 0 Å². The molecule has 0 heterocycles. The maximum atomic E-state index is 11.5. The predicted molar refractivity (Wildman–Crippen MR) is 81.2 cm³/mol. The minimum Gasteiger partial charge on any atom is -0.463 e. The number of esters is 3. The topological polar surface area (TPSA) is 107 Å². The van der Waals surface area contributed by atoms with Crippen molar-refractivity contribution in [2.45, 2.75) is 45.2 Å². The second-order valence-electron chi connectivity index (χ2n) is 4.95. The standard InChI is InChI=1S/C15H26O9/c1-9(16)22-8-12(20-5)14(21-6)15(24-11(3)18)13(7-19-4)23-10(2)17/h12-15H,7-8H2,1-6H3/t12-,13+,14+,15-/m1/s1. The second-order valence-corrected chi connectivity index (χ2v) is 4.95. The van der Waals surface area contributed by atoms with Gasteiger partial charge in [-0.05, 0) is 0 Å². The van der Waals surface area contributed by atoms with Crippen LogP contribution in [-0.4, -0.2) is 76.9 Å². The zero-order valence-electron chi connectivity index (χ0n) is 14.9. The molecule has 24 heavy (non-hydrogen) atoms. The lowest BCUT2D eigenvalue weighted by Crippen LogP contribution is -2.52. The van der Waals surface area contributed by atoms with Gasteiger partial charge in [-0.3, -0.25) is 14.4 Å². The van der Waals surface area contributed by atoms with Gasteiger partial charge < -0.3 is 28.4 Å². The highest BCUT2D eigenvalue weighted by molar-refractivity contribution is 5.67. The van der Waals surface area contributed by atoms with E-state index in [1.54, 1.807) is 0 Å². The Hall–Kier alpha value is -1.71. The number of carbonyl (C=O) groups is 3. The molecule has 0 fully saturated rings. The first-order chi connectivity index (χ1) is 11.3. The highest BCUT2D eigenvalue weighted by Crippen LogP contribution is 2.18. The van der Waals surface area contributed by atoms with Gasteiger partial charge in [0.05, 0.1) is 6.61 Å². The summed E-state index contributed by atoms with van der Waals surface area (Å²) in [5.74, 6) is -1.67. The van der Waals surface area contributed by atoms with E-state index in [0.29, 0.717) is 0 Å². The smallest absolute Gasteiger partial charge is 0.303 e. The Morgan fingerprint density at radius 2 is 1.29 bits per heavy atom. The molecule has 9 nitrogen and oxygen atoms in total. The van der Waals surface area contributed by atoms with E-state index in [1.165, 1.54) is 42.1 Å². The van der Waals surface area contributed by atoms with Crippen LogP contribution in [0.25, 0.3) is 0 Å². The largest absolute Gasteiger partial charge is 0.463 e. The quantitative estimate of drug-likeness (QED) is 0.378. The molecule has 0 saturated carbocycles. The molecule has 0 aromatic carbocycles. The highest BCUT2D eigenvalue weighted by Gasteiger charge is 2.40. The fraction of sp³-hybridized carbons (Fsp3) is 0.800. The molecule has 0 aromatic heterocycles. The third kappa shape index (κ3) is 8.23. The van der Waals surface area contributed by atoms with E-state index in [-0.39, 0.29) is 13.2 Å². The molecule has 0 amide bonds. The maximum absolute atomic E-state index is 11.5. The average molecular weight is 350 g/mol. The van der Waals surface area contributed by atoms with E-state index < -0.39 is 42.3 Å². The zero-order chi connectivity index (χ0) is 18.7. The van der Waals surface area contributed by atoms with E-state index in [4.69, 9.17) is 28.4 Å². The Morgan fingerprint density at radius 3 is 1.67 bits per heavy atom. The van der Waals surface area contributed by atoms with Crippen molar-refractivity contribution < 1.29 is 42.8 Å². The van der Waals surface area contributed by atoms with E-state index in [0.717, 1.165) is 0 Å².